The van der Waals surface area contributed by atoms with Gasteiger partial charge < -0.3 is 11.5 Å². The normalized spacial score (nSPS) is 19.9. The molecule has 1 aromatic carbocycles. The summed E-state index contributed by atoms with van der Waals surface area (Å²) in [7, 11) is 0. The van der Waals surface area contributed by atoms with E-state index in [0.29, 0.717) is 11.6 Å². The third kappa shape index (κ3) is 3.70. The Hall–Kier alpha value is -1.10. The molecule has 1 aliphatic rings. The van der Waals surface area contributed by atoms with Crippen LogP contribution in [0.15, 0.2) is 24.3 Å². The van der Waals surface area contributed by atoms with Crippen LogP contribution in [0.25, 0.3) is 0 Å². The zero-order chi connectivity index (χ0) is 11.5. The maximum atomic E-state index is 11.0. The lowest BCUT2D eigenvalue weighted by Crippen LogP contribution is -2.26. The molecular formula is C12H18ClN3O. The number of carbonyl (C=O) groups excluding carboxylic acids is 1. The first-order valence-corrected chi connectivity index (χ1v) is 5.52. The smallest absolute Gasteiger partial charge is 0.248 e. The van der Waals surface area contributed by atoms with Gasteiger partial charge in [0.25, 0.3) is 0 Å². The van der Waals surface area contributed by atoms with Gasteiger partial charge in [-0.05, 0) is 24.1 Å². The highest BCUT2D eigenvalue weighted by Gasteiger charge is 2.18. The zero-order valence-corrected chi connectivity index (χ0v) is 10.5. The van der Waals surface area contributed by atoms with E-state index in [2.05, 4.69) is 4.90 Å². The van der Waals surface area contributed by atoms with Gasteiger partial charge >= 0.3 is 0 Å². The topological polar surface area (TPSA) is 72.4 Å². The molecule has 0 aliphatic carbocycles. The Morgan fingerprint density at radius 2 is 2.24 bits per heavy atom. The van der Waals surface area contributed by atoms with Crippen molar-refractivity contribution in [2.75, 3.05) is 13.1 Å². The van der Waals surface area contributed by atoms with Crippen LogP contribution in [0.3, 0.4) is 0 Å². The van der Waals surface area contributed by atoms with Crippen LogP contribution in [0.5, 0.6) is 0 Å². The van der Waals surface area contributed by atoms with Gasteiger partial charge in [-0.1, -0.05) is 12.1 Å². The first kappa shape index (κ1) is 14.0. The average molecular weight is 256 g/mol. The quantitative estimate of drug-likeness (QED) is 0.837. The molecule has 5 heteroatoms. The minimum atomic E-state index is -0.375. The Bertz CT molecular complexity index is 397. The fourth-order valence-electron chi connectivity index (χ4n) is 2.09. The van der Waals surface area contributed by atoms with Crippen LogP contribution in [0.2, 0.25) is 0 Å². The van der Waals surface area contributed by atoms with Gasteiger partial charge in [0.2, 0.25) is 5.91 Å². The van der Waals surface area contributed by atoms with E-state index < -0.39 is 0 Å². The number of likely N-dealkylation sites (tertiary alicyclic amines) is 1. The number of rotatable bonds is 3. The lowest BCUT2D eigenvalue weighted by Gasteiger charge is -2.15. The predicted octanol–water partition coefficient (Wildman–Crippen LogP) is 0.740. The van der Waals surface area contributed by atoms with E-state index in [0.717, 1.165) is 31.6 Å². The van der Waals surface area contributed by atoms with E-state index in [9.17, 15) is 4.79 Å². The van der Waals surface area contributed by atoms with Crippen LogP contribution in [0.4, 0.5) is 0 Å². The van der Waals surface area contributed by atoms with Gasteiger partial charge in [0.1, 0.15) is 0 Å². The summed E-state index contributed by atoms with van der Waals surface area (Å²) in [5, 5.41) is 0. The number of hydrogen-bond donors (Lipinski definition) is 2. The van der Waals surface area contributed by atoms with Gasteiger partial charge in [-0.15, -0.1) is 12.4 Å². The largest absolute Gasteiger partial charge is 0.366 e. The molecule has 0 saturated carbocycles. The van der Waals surface area contributed by atoms with E-state index in [1.807, 2.05) is 18.2 Å². The Morgan fingerprint density at radius 1 is 1.47 bits per heavy atom. The summed E-state index contributed by atoms with van der Waals surface area (Å²) < 4.78 is 0. The molecule has 1 heterocycles. The van der Waals surface area contributed by atoms with Crippen molar-refractivity contribution in [1.29, 1.82) is 0 Å². The van der Waals surface area contributed by atoms with Gasteiger partial charge in [-0.2, -0.15) is 0 Å². The van der Waals surface area contributed by atoms with Crippen molar-refractivity contribution >= 4 is 18.3 Å². The highest BCUT2D eigenvalue weighted by Crippen LogP contribution is 2.13. The molecule has 94 valence electrons. The van der Waals surface area contributed by atoms with Crippen molar-refractivity contribution in [3.05, 3.63) is 35.4 Å². The molecule has 0 spiro atoms. The molecule has 2 rings (SSSR count). The Balaban J connectivity index is 0.00000144. The maximum Gasteiger partial charge on any atom is 0.248 e. The molecule has 1 atom stereocenters. The van der Waals surface area contributed by atoms with Crippen LogP contribution < -0.4 is 11.5 Å². The third-order valence-corrected chi connectivity index (χ3v) is 2.93. The van der Waals surface area contributed by atoms with Crippen molar-refractivity contribution in [2.45, 2.75) is 19.0 Å². The number of nitrogens with zero attached hydrogens (tertiary/aromatic N) is 1. The molecule has 0 aromatic heterocycles. The van der Waals surface area contributed by atoms with Gasteiger partial charge in [0.05, 0.1) is 0 Å². The molecule has 4 N–H and O–H groups in total. The van der Waals surface area contributed by atoms with Crippen LogP contribution in [0.1, 0.15) is 22.3 Å². The van der Waals surface area contributed by atoms with E-state index >= 15 is 0 Å². The van der Waals surface area contributed by atoms with Crippen molar-refractivity contribution < 1.29 is 4.79 Å². The van der Waals surface area contributed by atoms with Gasteiger partial charge in [-0.25, -0.2) is 0 Å². The lowest BCUT2D eigenvalue weighted by atomic mass is 10.1. The second-order valence-corrected chi connectivity index (χ2v) is 4.35. The van der Waals surface area contributed by atoms with Crippen molar-refractivity contribution in [3.8, 4) is 0 Å². The number of primary amides is 1. The molecule has 1 saturated heterocycles. The van der Waals surface area contributed by atoms with E-state index in [1.165, 1.54) is 0 Å². The van der Waals surface area contributed by atoms with Crippen molar-refractivity contribution in [3.63, 3.8) is 0 Å². The summed E-state index contributed by atoms with van der Waals surface area (Å²) in [5.41, 5.74) is 12.8. The number of benzene rings is 1. The summed E-state index contributed by atoms with van der Waals surface area (Å²) in [6, 6.07) is 7.76. The predicted molar refractivity (Wildman–Crippen MR) is 70.1 cm³/mol. The summed E-state index contributed by atoms with van der Waals surface area (Å²) in [5.74, 6) is -0.375. The third-order valence-electron chi connectivity index (χ3n) is 2.93. The number of carbonyl (C=O) groups is 1. The minimum absolute atomic E-state index is 0. The van der Waals surface area contributed by atoms with E-state index in [4.69, 9.17) is 11.5 Å². The second kappa shape index (κ2) is 6.00. The minimum Gasteiger partial charge on any atom is -0.366 e. The number of nitrogens with two attached hydrogens (primary N) is 2. The molecule has 0 unspecified atom stereocenters. The zero-order valence-electron chi connectivity index (χ0n) is 9.63. The van der Waals surface area contributed by atoms with Crippen LogP contribution in [-0.2, 0) is 6.54 Å². The first-order chi connectivity index (χ1) is 7.65. The number of hydrogen-bond acceptors (Lipinski definition) is 3. The second-order valence-electron chi connectivity index (χ2n) is 4.35. The molecule has 0 radical (unpaired) electrons. The fraction of sp³-hybridized carbons (Fsp3) is 0.417. The van der Waals surface area contributed by atoms with Crippen LogP contribution in [-0.4, -0.2) is 29.9 Å². The number of amides is 1. The van der Waals surface area contributed by atoms with Gasteiger partial charge in [0.15, 0.2) is 0 Å². The standard InChI is InChI=1S/C12H17N3O.ClH/c13-11-4-5-15(8-11)7-9-2-1-3-10(6-9)12(14)16;/h1-3,6,11H,4-5,7-8,13H2,(H2,14,16);1H/t11-;/m0./s1. The molecule has 1 aliphatic heterocycles. The highest BCUT2D eigenvalue weighted by atomic mass is 35.5. The molecule has 1 aromatic rings. The number of halogens is 1. The SMILES string of the molecule is Cl.NC(=O)c1cccc(CN2CC[C@H](N)C2)c1. The fourth-order valence-corrected chi connectivity index (χ4v) is 2.09. The molecule has 4 nitrogen and oxygen atoms in total. The summed E-state index contributed by atoms with van der Waals surface area (Å²) in [6.07, 6.45) is 1.05. The maximum absolute atomic E-state index is 11.0. The molecular weight excluding hydrogens is 238 g/mol. The van der Waals surface area contributed by atoms with E-state index in [1.54, 1.807) is 6.07 Å². The summed E-state index contributed by atoms with van der Waals surface area (Å²) in [4.78, 5) is 13.3. The molecule has 0 bridgehead atoms. The summed E-state index contributed by atoms with van der Waals surface area (Å²) in [6.45, 7) is 2.80. The van der Waals surface area contributed by atoms with E-state index in [-0.39, 0.29) is 18.3 Å². The first-order valence-electron chi connectivity index (χ1n) is 5.52. The van der Waals surface area contributed by atoms with Crippen molar-refractivity contribution in [2.24, 2.45) is 11.5 Å². The Labute approximate surface area is 107 Å². The Morgan fingerprint density at radius 3 is 2.82 bits per heavy atom. The monoisotopic (exact) mass is 255 g/mol. The van der Waals surface area contributed by atoms with Crippen molar-refractivity contribution in [1.82, 2.24) is 4.90 Å². The van der Waals surface area contributed by atoms with Gasteiger partial charge in [0, 0.05) is 31.2 Å². The highest BCUT2D eigenvalue weighted by molar-refractivity contribution is 5.92. The van der Waals surface area contributed by atoms with Gasteiger partial charge in [-0.3, -0.25) is 9.69 Å². The molecule has 1 amide bonds. The molecule has 17 heavy (non-hydrogen) atoms. The molecule has 1 fully saturated rings. The summed E-state index contributed by atoms with van der Waals surface area (Å²) >= 11 is 0. The average Bonchev–Trinajstić information content (AvgIpc) is 2.64. The van der Waals surface area contributed by atoms with Crippen LogP contribution in [0, 0.1) is 0 Å². The van der Waals surface area contributed by atoms with Crippen LogP contribution >= 0.6 is 12.4 Å². The Kier molecular flexibility index (Phi) is 4.93. The lowest BCUT2D eigenvalue weighted by molar-refractivity contribution is 0.1000.